The average molecular weight is 442 g/mol. The average Bonchev–Trinajstić information content (AvgIpc) is 2.62. The van der Waals surface area contributed by atoms with E-state index in [-0.39, 0.29) is 15.7 Å². The Balaban J connectivity index is 2.09. The summed E-state index contributed by atoms with van der Waals surface area (Å²) in [5.41, 5.74) is 4.45. The van der Waals surface area contributed by atoms with Gasteiger partial charge in [0.05, 0.1) is 28.2 Å². The van der Waals surface area contributed by atoms with Gasteiger partial charge in [-0.15, -0.1) is 0 Å². The summed E-state index contributed by atoms with van der Waals surface area (Å²) in [6.45, 7) is 3.72. The third-order valence-corrected chi connectivity index (χ3v) is 5.83. The van der Waals surface area contributed by atoms with Gasteiger partial charge in [-0.3, -0.25) is 9.10 Å². The molecule has 0 fully saturated rings. The van der Waals surface area contributed by atoms with Gasteiger partial charge in [-0.25, -0.2) is 13.8 Å². The van der Waals surface area contributed by atoms with E-state index in [2.05, 4.69) is 24.4 Å². The number of hydrogen-bond acceptors (Lipinski definition) is 4. The first kappa shape index (κ1) is 22.2. The molecule has 0 unspecified atom stereocenters. The Morgan fingerprint density at radius 1 is 1.18 bits per heavy atom. The molecule has 0 aliphatic heterocycles. The number of halogens is 2. The van der Waals surface area contributed by atoms with Crippen LogP contribution < -0.4 is 9.73 Å². The van der Waals surface area contributed by atoms with E-state index in [0.717, 1.165) is 16.1 Å². The van der Waals surface area contributed by atoms with Crippen molar-refractivity contribution in [2.75, 3.05) is 17.1 Å². The highest BCUT2D eigenvalue weighted by Gasteiger charge is 2.23. The number of carbonyl (C=O) groups excluding carboxylic acids is 1. The van der Waals surface area contributed by atoms with Crippen molar-refractivity contribution >= 4 is 51.0 Å². The minimum atomic E-state index is -3.76. The number of nitrogens with one attached hydrogen (secondary N) is 1. The van der Waals surface area contributed by atoms with Gasteiger partial charge in [0.15, 0.2) is 0 Å². The third kappa shape index (κ3) is 5.95. The van der Waals surface area contributed by atoms with Crippen molar-refractivity contribution < 1.29 is 13.2 Å². The molecule has 0 heterocycles. The van der Waals surface area contributed by atoms with E-state index >= 15 is 0 Å². The fraction of sp³-hybridized carbons (Fsp3) is 0.263. The van der Waals surface area contributed by atoms with Crippen LogP contribution in [0.1, 0.15) is 30.9 Å². The van der Waals surface area contributed by atoms with E-state index < -0.39 is 22.5 Å². The summed E-state index contributed by atoms with van der Waals surface area (Å²) in [7, 11) is -3.76. The van der Waals surface area contributed by atoms with Gasteiger partial charge in [-0.05, 0) is 29.2 Å². The number of carbonyl (C=O) groups is 1. The second-order valence-corrected chi connectivity index (χ2v) is 9.15. The molecule has 0 saturated heterocycles. The Kier molecular flexibility index (Phi) is 7.46. The molecule has 6 nitrogen and oxygen atoms in total. The van der Waals surface area contributed by atoms with Crippen LogP contribution in [0, 0.1) is 0 Å². The van der Waals surface area contributed by atoms with Crippen LogP contribution >= 0.6 is 23.2 Å². The molecule has 0 bridgehead atoms. The monoisotopic (exact) mass is 441 g/mol. The van der Waals surface area contributed by atoms with Crippen molar-refractivity contribution in [2.45, 2.75) is 19.8 Å². The molecule has 2 aromatic rings. The summed E-state index contributed by atoms with van der Waals surface area (Å²) in [6.07, 6.45) is 2.47. The number of sulfonamides is 1. The van der Waals surface area contributed by atoms with Gasteiger partial charge >= 0.3 is 0 Å². The lowest BCUT2D eigenvalue weighted by atomic mass is 10.0. The Bertz CT molecular complexity index is 974. The molecular weight excluding hydrogens is 421 g/mol. The number of benzene rings is 2. The van der Waals surface area contributed by atoms with Crippen molar-refractivity contribution in [1.29, 1.82) is 0 Å². The van der Waals surface area contributed by atoms with Crippen LogP contribution in [0.4, 0.5) is 5.69 Å². The van der Waals surface area contributed by atoms with Crippen molar-refractivity contribution in [1.82, 2.24) is 5.43 Å². The molecule has 0 spiro atoms. The van der Waals surface area contributed by atoms with Gasteiger partial charge in [-0.2, -0.15) is 5.10 Å². The molecule has 9 heteroatoms. The second-order valence-electron chi connectivity index (χ2n) is 6.46. The largest absolute Gasteiger partial charge is 0.271 e. The molecule has 0 aromatic heterocycles. The van der Waals surface area contributed by atoms with Crippen LogP contribution in [0.3, 0.4) is 0 Å². The Hall–Kier alpha value is -2.09. The van der Waals surface area contributed by atoms with Crippen LogP contribution in [-0.2, 0) is 14.8 Å². The zero-order valence-electron chi connectivity index (χ0n) is 15.7. The molecule has 0 aliphatic carbocycles. The molecule has 0 radical (unpaired) electrons. The molecule has 0 saturated carbocycles. The molecule has 0 atom stereocenters. The maximum Gasteiger partial charge on any atom is 0.260 e. The molecule has 2 aromatic carbocycles. The van der Waals surface area contributed by atoms with Crippen LogP contribution in [-0.4, -0.2) is 33.3 Å². The van der Waals surface area contributed by atoms with E-state index in [1.165, 1.54) is 23.9 Å². The summed E-state index contributed by atoms with van der Waals surface area (Å²) in [5.74, 6) is -0.192. The lowest BCUT2D eigenvalue weighted by Crippen LogP contribution is -2.39. The molecular formula is C19H21Cl2N3O3S. The SMILES string of the molecule is CC(C)c1ccc(/C=N\NC(=O)CN(c2cccc(Cl)c2Cl)S(C)(=O)=O)cc1. The summed E-state index contributed by atoms with van der Waals surface area (Å²) < 4.78 is 25.1. The highest BCUT2D eigenvalue weighted by molar-refractivity contribution is 7.92. The van der Waals surface area contributed by atoms with Crippen molar-refractivity contribution in [2.24, 2.45) is 5.10 Å². The second kappa shape index (κ2) is 9.41. The van der Waals surface area contributed by atoms with Crippen LogP contribution in [0.15, 0.2) is 47.6 Å². The predicted molar refractivity (Wildman–Crippen MR) is 115 cm³/mol. The zero-order valence-corrected chi connectivity index (χ0v) is 18.0. The highest BCUT2D eigenvalue weighted by Crippen LogP contribution is 2.33. The van der Waals surface area contributed by atoms with Crippen molar-refractivity contribution in [3.05, 3.63) is 63.6 Å². The quantitative estimate of drug-likeness (QED) is 0.520. The third-order valence-electron chi connectivity index (χ3n) is 3.89. The molecule has 28 heavy (non-hydrogen) atoms. The summed E-state index contributed by atoms with van der Waals surface area (Å²) >= 11 is 12.0. The summed E-state index contributed by atoms with van der Waals surface area (Å²) in [5, 5.41) is 4.12. The van der Waals surface area contributed by atoms with Crippen LogP contribution in [0.2, 0.25) is 10.0 Å². The number of anilines is 1. The molecule has 150 valence electrons. The fourth-order valence-corrected chi connectivity index (χ4v) is 3.69. The minimum absolute atomic E-state index is 0.0520. The normalized spacial score (nSPS) is 11.8. The first-order chi connectivity index (χ1) is 13.1. The van der Waals surface area contributed by atoms with Gasteiger partial charge in [-0.1, -0.05) is 67.4 Å². The maximum atomic E-state index is 12.2. The van der Waals surface area contributed by atoms with Crippen molar-refractivity contribution in [3.63, 3.8) is 0 Å². The number of hydrogen-bond donors (Lipinski definition) is 1. The molecule has 1 amide bonds. The Morgan fingerprint density at radius 2 is 1.82 bits per heavy atom. The topological polar surface area (TPSA) is 78.8 Å². The summed E-state index contributed by atoms with van der Waals surface area (Å²) in [4.78, 5) is 12.2. The first-order valence-corrected chi connectivity index (χ1v) is 11.0. The minimum Gasteiger partial charge on any atom is -0.271 e. The Labute approximate surface area is 175 Å². The lowest BCUT2D eigenvalue weighted by molar-refractivity contribution is -0.119. The van der Waals surface area contributed by atoms with Gasteiger partial charge in [0.2, 0.25) is 10.0 Å². The number of amides is 1. The van der Waals surface area contributed by atoms with Gasteiger partial charge in [0.25, 0.3) is 5.91 Å². The van der Waals surface area contributed by atoms with E-state index in [4.69, 9.17) is 23.2 Å². The standard InChI is InChI=1S/C19H21Cl2N3O3S/c1-13(2)15-9-7-14(8-10-15)11-22-23-18(25)12-24(28(3,26)27)17-6-4-5-16(20)19(17)21/h4-11,13H,12H2,1-3H3,(H,23,25)/b22-11-. The fourth-order valence-electron chi connectivity index (χ4n) is 2.38. The molecule has 2 rings (SSSR count). The van der Waals surface area contributed by atoms with Gasteiger partial charge in [0, 0.05) is 0 Å². The predicted octanol–water partition coefficient (Wildman–Crippen LogP) is 4.03. The van der Waals surface area contributed by atoms with E-state index in [1.807, 2.05) is 24.3 Å². The molecule has 1 N–H and O–H groups in total. The number of hydrazone groups is 1. The maximum absolute atomic E-state index is 12.2. The van der Waals surface area contributed by atoms with Gasteiger partial charge < -0.3 is 0 Å². The highest BCUT2D eigenvalue weighted by atomic mass is 35.5. The lowest BCUT2D eigenvalue weighted by Gasteiger charge is -2.22. The smallest absolute Gasteiger partial charge is 0.260 e. The van der Waals surface area contributed by atoms with Gasteiger partial charge in [0.1, 0.15) is 6.54 Å². The number of nitrogens with zero attached hydrogens (tertiary/aromatic N) is 2. The van der Waals surface area contributed by atoms with E-state index in [1.54, 1.807) is 6.07 Å². The molecule has 0 aliphatic rings. The number of rotatable bonds is 7. The van der Waals surface area contributed by atoms with E-state index in [9.17, 15) is 13.2 Å². The first-order valence-electron chi connectivity index (χ1n) is 8.43. The van der Waals surface area contributed by atoms with Crippen LogP contribution in [0.25, 0.3) is 0 Å². The summed E-state index contributed by atoms with van der Waals surface area (Å²) in [6, 6.07) is 12.3. The van der Waals surface area contributed by atoms with Crippen LogP contribution in [0.5, 0.6) is 0 Å². The van der Waals surface area contributed by atoms with Crippen molar-refractivity contribution in [3.8, 4) is 0 Å². The van der Waals surface area contributed by atoms with E-state index in [0.29, 0.717) is 5.92 Å². The zero-order chi connectivity index (χ0) is 20.9. The Morgan fingerprint density at radius 3 is 2.39 bits per heavy atom.